The lowest BCUT2D eigenvalue weighted by Crippen LogP contribution is -2.50. The minimum absolute atomic E-state index is 0. The van der Waals surface area contributed by atoms with E-state index in [2.05, 4.69) is 10.3 Å². The van der Waals surface area contributed by atoms with Crippen molar-refractivity contribution in [1.29, 1.82) is 0 Å². The van der Waals surface area contributed by atoms with Gasteiger partial charge in [-0.05, 0) is 104 Å². The molecule has 2 aromatic carbocycles. The number of nitrogens with one attached hydrogen (secondary N) is 1. The monoisotopic (exact) mass is 1010 g/mol. The second-order valence-electron chi connectivity index (χ2n) is 19.9. The van der Waals surface area contributed by atoms with Gasteiger partial charge in [-0.2, -0.15) is 10.1 Å². The maximum atomic E-state index is 12.9. The summed E-state index contributed by atoms with van der Waals surface area (Å²) in [5.74, 6) is 3.71. The largest absolute Gasteiger partial charge is 0.480 e. The molecule has 4 bridgehead atoms. The van der Waals surface area contributed by atoms with E-state index in [1.165, 1.54) is 15.0 Å². The summed E-state index contributed by atoms with van der Waals surface area (Å²) < 4.78 is 10.7. The van der Waals surface area contributed by atoms with Crippen LogP contribution in [0.3, 0.4) is 0 Å². The highest BCUT2D eigenvalue weighted by Gasteiger charge is 2.49. The number of carboxylic acid groups (broad SMARTS) is 1. The van der Waals surface area contributed by atoms with Crippen molar-refractivity contribution in [1.82, 2.24) is 35.2 Å². The SMILES string of the molecule is C.C.C.CC(C)(C)OC(=O)N1CCCC1CON.CC(C)(C)OC(=O)N1CCCC1CONC(=O)[C@@H]1CC[C@@H]2CN1C(=O)N2OCc1ccccc1.O=C(O)[C@@H]1CC[C@@H]2CN1C(=O)N2OCc1ccccc1. The summed E-state index contributed by atoms with van der Waals surface area (Å²) in [7, 11) is 0. The topological polar surface area (TPSA) is 236 Å². The number of fused-ring (bicyclic) bond motifs is 4. The molecule has 0 saturated carbocycles. The lowest BCUT2D eigenvalue weighted by molar-refractivity contribution is -0.143. The number of carbonyl (C=O) groups excluding carboxylic acids is 5. The van der Waals surface area contributed by atoms with Crippen LogP contribution in [0.1, 0.15) is 126 Å². The molecule has 0 spiro atoms. The lowest BCUT2D eigenvalue weighted by atomic mass is 10.0. The number of likely N-dealkylation sites (tertiary alicyclic amines) is 2. The van der Waals surface area contributed by atoms with Gasteiger partial charge in [0.1, 0.15) is 36.5 Å². The number of rotatable bonds is 13. The fourth-order valence-corrected chi connectivity index (χ4v) is 9.09. The van der Waals surface area contributed by atoms with Crippen molar-refractivity contribution >= 4 is 36.1 Å². The number of benzene rings is 2. The number of piperidine rings is 2. The van der Waals surface area contributed by atoms with Gasteiger partial charge in [0.2, 0.25) is 0 Å². The second-order valence-corrected chi connectivity index (χ2v) is 19.9. The van der Waals surface area contributed by atoms with E-state index in [-0.39, 0.29) is 83.2 Å². The molecule has 2 unspecified atom stereocenters. The van der Waals surface area contributed by atoms with E-state index >= 15 is 0 Å². The molecule has 21 nitrogen and oxygen atoms in total. The molecule has 72 heavy (non-hydrogen) atoms. The molecule has 0 aliphatic carbocycles. The maximum Gasteiger partial charge on any atom is 0.410 e. The molecule has 6 aliphatic rings. The molecule has 6 fully saturated rings. The second kappa shape index (κ2) is 27.4. The normalized spacial score (nSPS) is 23.1. The van der Waals surface area contributed by atoms with Gasteiger partial charge in [0.05, 0.1) is 37.4 Å². The van der Waals surface area contributed by atoms with Crippen LogP contribution in [0.4, 0.5) is 19.2 Å². The van der Waals surface area contributed by atoms with Crippen LogP contribution < -0.4 is 11.4 Å². The van der Waals surface area contributed by atoms with Crippen LogP contribution in [0, 0.1) is 0 Å². The number of carboxylic acids is 1. The zero-order chi connectivity index (χ0) is 49.9. The lowest BCUT2D eigenvalue weighted by Gasteiger charge is -2.30. The third kappa shape index (κ3) is 16.4. The van der Waals surface area contributed by atoms with Crippen molar-refractivity contribution in [3.8, 4) is 0 Å². The Bertz CT molecular complexity index is 2060. The van der Waals surface area contributed by atoms with E-state index in [0.717, 1.165) is 43.4 Å². The molecule has 21 heteroatoms. The number of hydrogen-bond donors (Lipinski definition) is 3. The zero-order valence-corrected chi connectivity index (χ0v) is 40.7. The van der Waals surface area contributed by atoms with Crippen LogP contribution in [0.15, 0.2) is 60.7 Å². The Morgan fingerprint density at radius 3 is 1.46 bits per heavy atom. The fraction of sp³-hybridized carbons (Fsp3) is 0.647. The molecule has 2 aromatic rings. The molecule has 0 radical (unpaired) electrons. The number of aliphatic carboxylic acids is 1. The van der Waals surface area contributed by atoms with Crippen molar-refractivity contribution in [2.24, 2.45) is 5.90 Å². The molecule has 7 amide bonds. The van der Waals surface area contributed by atoms with Crippen LogP contribution in [0.25, 0.3) is 0 Å². The number of hydrogen-bond acceptors (Lipinski definition) is 13. The van der Waals surface area contributed by atoms with Gasteiger partial charge < -0.3 is 39.0 Å². The van der Waals surface area contributed by atoms with Crippen LogP contribution >= 0.6 is 0 Å². The molecule has 4 N–H and O–H groups in total. The van der Waals surface area contributed by atoms with Gasteiger partial charge in [-0.1, -0.05) is 82.9 Å². The summed E-state index contributed by atoms with van der Waals surface area (Å²) in [6.07, 6.45) is 5.23. The van der Waals surface area contributed by atoms with Crippen molar-refractivity contribution in [3.63, 3.8) is 0 Å². The Kier molecular flexibility index (Phi) is 23.0. The van der Waals surface area contributed by atoms with E-state index < -0.39 is 29.3 Å². The fourth-order valence-electron chi connectivity index (χ4n) is 9.09. The number of urea groups is 2. The van der Waals surface area contributed by atoms with Crippen molar-refractivity contribution in [2.45, 2.75) is 176 Å². The molecule has 6 aliphatic heterocycles. The van der Waals surface area contributed by atoms with Gasteiger partial charge in [0, 0.05) is 26.2 Å². The average molecular weight is 1020 g/mol. The highest BCUT2D eigenvalue weighted by molar-refractivity contribution is 5.88. The van der Waals surface area contributed by atoms with E-state index in [9.17, 15) is 28.8 Å². The number of hydroxylamine groups is 5. The third-order valence-electron chi connectivity index (χ3n) is 12.4. The molecule has 6 heterocycles. The van der Waals surface area contributed by atoms with E-state index in [4.69, 9.17) is 35.0 Å². The molecule has 0 aromatic heterocycles. The van der Waals surface area contributed by atoms with Gasteiger partial charge in [-0.25, -0.2) is 35.3 Å². The first-order chi connectivity index (χ1) is 32.8. The average Bonchev–Trinajstić information content (AvgIpc) is 4.08. The quantitative estimate of drug-likeness (QED) is 0.165. The number of ether oxygens (including phenoxy) is 2. The molecule has 6 atom stereocenters. The Balaban J connectivity index is 0.000000307. The zero-order valence-electron chi connectivity index (χ0n) is 40.7. The van der Waals surface area contributed by atoms with Crippen molar-refractivity contribution in [3.05, 3.63) is 71.8 Å². The summed E-state index contributed by atoms with van der Waals surface area (Å²) in [6, 6.07) is 17.1. The number of carbonyl (C=O) groups is 6. The number of nitrogens with two attached hydrogens (primary N) is 1. The van der Waals surface area contributed by atoms with Gasteiger partial charge in [-0.15, -0.1) is 0 Å². The van der Waals surface area contributed by atoms with Crippen molar-refractivity contribution in [2.75, 3.05) is 39.4 Å². The molecule has 6 saturated heterocycles. The van der Waals surface area contributed by atoms with Crippen LogP contribution in [0.2, 0.25) is 0 Å². The van der Waals surface area contributed by atoms with Gasteiger partial charge >= 0.3 is 30.2 Å². The Morgan fingerprint density at radius 1 is 0.625 bits per heavy atom. The first kappa shape index (κ1) is 60.6. The Hall–Kier alpha value is -5.74. The minimum atomic E-state index is -0.943. The molecule has 8 rings (SSSR count). The third-order valence-corrected chi connectivity index (χ3v) is 12.4. The minimum Gasteiger partial charge on any atom is -0.480 e. The smallest absolute Gasteiger partial charge is 0.410 e. The molecular formula is C51H82N8O13. The summed E-state index contributed by atoms with van der Waals surface area (Å²) in [5, 5.41) is 11.9. The van der Waals surface area contributed by atoms with Gasteiger partial charge in [0.25, 0.3) is 5.91 Å². The predicted octanol–water partition coefficient (Wildman–Crippen LogP) is 7.49. The predicted molar refractivity (Wildman–Crippen MR) is 268 cm³/mol. The van der Waals surface area contributed by atoms with Gasteiger partial charge in [-0.3, -0.25) is 19.3 Å². The van der Waals surface area contributed by atoms with Crippen molar-refractivity contribution < 1.29 is 62.7 Å². The number of nitrogens with zero attached hydrogens (tertiary/aromatic N) is 6. The summed E-state index contributed by atoms with van der Waals surface area (Å²) >= 11 is 0. The summed E-state index contributed by atoms with van der Waals surface area (Å²) in [6.45, 7) is 14.4. The van der Waals surface area contributed by atoms with E-state index in [1.807, 2.05) is 102 Å². The molecule has 404 valence electrons. The van der Waals surface area contributed by atoms with Crippen LogP contribution in [-0.4, -0.2) is 158 Å². The maximum absolute atomic E-state index is 12.9. The first-order valence-electron chi connectivity index (χ1n) is 23.8. The number of amides is 7. The van der Waals surface area contributed by atoms with E-state index in [0.29, 0.717) is 65.1 Å². The van der Waals surface area contributed by atoms with E-state index in [1.54, 1.807) is 14.7 Å². The Morgan fingerprint density at radius 2 is 1.04 bits per heavy atom. The highest BCUT2D eigenvalue weighted by atomic mass is 16.7. The van der Waals surface area contributed by atoms with Crippen LogP contribution in [0.5, 0.6) is 0 Å². The summed E-state index contributed by atoms with van der Waals surface area (Å²) in [4.78, 5) is 101. The highest BCUT2D eigenvalue weighted by Crippen LogP contribution is 2.32. The molecular weight excluding hydrogens is 933 g/mol. The van der Waals surface area contributed by atoms with Crippen LogP contribution in [-0.2, 0) is 51.6 Å². The standard InChI is InChI=1S/C24H34N4O6.C14H16N2O4.C10H20N2O3.3CH4/c1-24(2,3)34-23(31)26-13-7-10-19(26)16-32-25-21(29)20-12-11-18-14-27(20)22(30)28(18)33-15-17-8-5-4-6-9-17;17-13(18)12-7-6-11-8-15(12)14(19)16(11)20-9-10-4-2-1-3-5-10;1-10(2,3)15-9(13)12-6-4-5-8(12)7-14-11;;;/h4-6,8-9,18-20H,7,10-16H2,1-3H3,(H,25,29);1-5,11-12H,6-9H2,(H,17,18);8H,4-7,11H2,1-3H3;3*1H4/t18-,19?,20+;11-,12+;;;;/m11..../s1. The summed E-state index contributed by atoms with van der Waals surface area (Å²) in [5.41, 5.74) is 3.42. The van der Waals surface area contributed by atoms with Gasteiger partial charge in [0.15, 0.2) is 0 Å². The first-order valence-corrected chi connectivity index (χ1v) is 23.8. The Labute approximate surface area is 425 Å².